The normalized spacial score (nSPS) is 19.2. The number of amides is 2. The third-order valence-electron chi connectivity index (χ3n) is 3.33. The lowest BCUT2D eigenvalue weighted by molar-refractivity contribution is -0.150. The van der Waals surface area contributed by atoms with Crippen LogP contribution >= 0.6 is 0 Å². The number of carboxylic acids is 1. The quantitative estimate of drug-likeness (QED) is 0.788. The van der Waals surface area contributed by atoms with Crippen molar-refractivity contribution in [1.29, 1.82) is 0 Å². The lowest BCUT2D eigenvalue weighted by Gasteiger charge is -2.36. The maximum absolute atomic E-state index is 11.8. The minimum Gasteiger partial charge on any atom is -0.481 e. The molecule has 0 atom stereocenters. The van der Waals surface area contributed by atoms with E-state index < -0.39 is 11.4 Å². The van der Waals surface area contributed by atoms with Gasteiger partial charge in [0.05, 0.1) is 5.41 Å². The van der Waals surface area contributed by atoms with E-state index in [1.54, 1.807) is 11.8 Å². The Hall–Kier alpha value is -1.26. The van der Waals surface area contributed by atoms with Crippen LogP contribution in [-0.4, -0.2) is 41.6 Å². The Morgan fingerprint density at radius 1 is 1.35 bits per heavy atom. The van der Waals surface area contributed by atoms with Crippen molar-refractivity contribution in [1.82, 2.24) is 10.2 Å². The molecule has 1 aliphatic rings. The molecule has 0 saturated carbocycles. The molecule has 98 valence electrons. The van der Waals surface area contributed by atoms with E-state index in [0.29, 0.717) is 38.4 Å². The van der Waals surface area contributed by atoms with Crippen molar-refractivity contribution in [2.75, 3.05) is 19.6 Å². The summed E-state index contributed by atoms with van der Waals surface area (Å²) in [5.41, 5.74) is -0.672. The molecule has 2 amide bonds. The second-order valence-electron chi connectivity index (χ2n) is 5.43. The summed E-state index contributed by atoms with van der Waals surface area (Å²) in [6.07, 6.45) is 1.05. The van der Waals surface area contributed by atoms with Gasteiger partial charge in [-0.25, -0.2) is 4.79 Å². The first-order valence-electron chi connectivity index (χ1n) is 6.11. The summed E-state index contributed by atoms with van der Waals surface area (Å²) in [6.45, 7) is 7.53. The molecule has 1 heterocycles. The molecule has 17 heavy (non-hydrogen) atoms. The van der Waals surface area contributed by atoms with Crippen LogP contribution in [0.2, 0.25) is 0 Å². The zero-order chi connectivity index (χ0) is 13.1. The fraction of sp³-hybridized carbons (Fsp3) is 0.833. The van der Waals surface area contributed by atoms with Crippen molar-refractivity contribution >= 4 is 12.0 Å². The minimum absolute atomic E-state index is 0.0776. The Kier molecular flexibility index (Phi) is 4.37. The number of hydrogen-bond donors (Lipinski definition) is 2. The van der Waals surface area contributed by atoms with E-state index in [1.807, 2.05) is 13.8 Å². The molecule has 0 spiro atoms. The molecule has 0 bridgehead atoms. The second kappa shape index (κ2) is 5.38. The van der Waals surface area contributed by atoms with Gasteiger partial charge in [-0.05, 0) is 25.7 Å². The lowest BCUT2D eigenvalue weighted by Crippen LogP contribution is -2.49. The van der Waals surface area contributed by atoms with Crippen molar-refractivity contribution in [2.45, 2.75) is 33.6 Å². The lowest BCUT2D eigenvalue weighted by atomic mass is 9.80. The van der Waals surface area contributed by atoms with E-state index in [9.17, 15) is 9.59 Å². The monoisotopic (exact) mass is 242 g/mol. The van der Waals surface area contributed by atoms with Crippen LogP contribution in [0.5, 0.6) is 0 Å². The summed E-state index contributed by atoms with van der Waals surface area (Å²) in [5, 5.41) is 11.9. The minimum atomic E-state index is -0.764. The summed E-state index contributed by atoms with van der Waals surface area (Å²) in [7, 11) is 0. The molecular weight excluding hydrogens is 220 g/mol. The third-order valence-corrected chi connectivity index (χ3v) is 3.33. The Balaban J connectivity index is 2.41. The van der Waals surface area contributed by atoms with Gasteiger partial charge in [0.25, 0.3) is 0 Å². The molecule has 1 aliphatic heterocycles. The van der Waals surface area contributed by atoms with Gasteiger partial charge in [0.15, 0.2) is 0 Å². The van der Waals surface area contributed by atoms with Gasteiger partial charge in [-0.15, -0.1) is 0 Å². The van der Waals surface area contributed by atoms with E-state index >= 15 is 0 Å². The Bertz CT molecular complexity index is 294. The van der Waals surface area contributed by atoms with Crippen molar-refractivity contribution in [3.8, 4) is 0 Å². The van der Waals surface area contributed by atoms with Crippen LogP contribution in [0.3, 0.4) is 0 Å². The third kappa shape index (κ3) is 3.61. The number of hydrogen-bond acceptors (Lipinski definition) is 2. The first kappa shape index (κ1) is 13.8. The highest BCUT2D eigenvalue weighted by Gasteiger charge is 2.37. The summed E-state index contributed by atoms with van der Waals surface area (Å²) in [6, 6.07) is -0.0776. The van der Waals surface area contributed by atoms with E-state index in [4.69, 9.17) is 5.11 Å². The maximum atomic E-state index is 11.8. The van der Waals surface area contributed by atoms with Crippen molar-refractivity contribution < 1.29 is 14.7 Å². The number of carbonyl (C=O) groups excluding carboxylic acids is 1. The van der Waals surface area contributed by atoms with Crippen molar-refractivity contribution in [3.63, 3.8) is 0 Å². The number of piperidine rings is 1. The van der Waals surface area contributed by atoms with Crippen LogP contribution in [0.4, 0.5) is 4.79 Å². The first-order chi connectivity index (χ1) is 7.85. The highest BCUT2D eigenvalue weighted by molar-refractivity contribution is 5.76. The van der Waals surface area contributed by atoms with Gasteiger partial charge in [-0.1, -0.05) is 13.8 Å². The van der Waals surface area contributed by atoms with E-state index in [1.165, 1.54) is 0 Å². The van der Waals surface area contributed by atoms with Gasteiger partial charge < -0.3 is 15.3 Å². The molecule has 0 aromatic heterocycles. The average molecular weight is 242 g/mol. The number of urea groups is 1. The predicted molar refractivity (Wildman–Crippen MR) is 64.8 cm³/mol. The second-order valence-corrected chi connectivity index (χ2v) is 5.43. The standard InChI is InChI=1S/C12H22N2O3/c1-9(2)8-13-11(17)14-6-4-12(3,5-7-14)10(15)16/h9H,4-8H2,1-3H3,(H,13,17)(H,15,16). The Morgan fingerprint density at radius 3 is 2.29 bits per heavy atom. The number of nitrogens with zero attached hydrogens (tertiary/aromatic N) is 1. The van der Waals surface area contributed by atoms with Crippen LogP contribution < -0.4 is 5.32 Å². The van der Waals surface area contributed by atoms with Crippen molar-refractivity contribution in [3.05, 3.63) is 0 Å². The fourth-order valence-corrected chi connectivity index (χ4v) is 1.82. The number of likely N-dealkylation sites (tertiary alicyclic amines) is 1. The fourth-order valence-electron chi connectivity index (χ4n) is 1.82. The summed E-state index contributed by atoms with van der Waals surface area (Å²) in [4.78, 5) is 24.5. The molecule has 0 radical (unpaired) electrons. The molecular formula is C12H22N2O3. The predicted octanol–water partition coefficient (Wildman–Crippen LogP) is 1.54. The molecule has 0 aromatic rings. The molecule has 0 aliphatic carbocycles. The number of carbonyl (C=O) groups is 2. The van der Waals surface area contributed by atoms with Gasteiger partial charge in [-0.2, -0.15) is 0 Å². The number of rotatable bonds is 3. The smallest absolute Gasteiger partial charge is 0.317 e. The number of aliphatic carboxylic acids is 1. The van der Waals surface area contributed by atoms with Crippen LogP contribution in [-0.2, 0) is 4.79 Å². The zero-order valence-electron chi connectivity index (χ0n) is 10.8. The summed E-state index contributed by atoms with van der Waals surface area (Å²) >= 11 is 0. The van der Waals surface area contributed by atoms with Crippen LogP contribution in [0.1, 0.15) is 33.6 Å². The molecule has 5 heteroatoms. The van der Waals surface area contributed by atoms with Gasteiger partial charge in [0, 0.05) is 19.6 Å². The SMILES string of the molecule is CC(C)CNC(=O)N1CCC(C)(C(=O)O)CC1. The molecule has 0 aromatic carbocycles. The van der Waals surface area contributed by atoms with Crippen LogP contribution in [0.25, 0.3) is 0 Å². The summed E-state index contributed by atoms with van der Waals surface area (Å²) in [5.74, 6) is -0.340. The van der Waals surface area contributed by atoms with Gasteiger partial charge in [0.2, 0.25) is 0 Å². The van der Waals surface area contributed by atoms with E-state index in [0.717, 1.165) is 0 Å². The summed E-state index contributed by atoms with van der Waals surface area (Å²) < 4.78 is 0. The Morgan fingerprint density at radius 2 is 1.88 bits per heavy atom. The molecule has 5 nitrogen and oxygen atoms in total. The first-order valence-corrected chi connectivity index (χ1v) is 6.11. The van der Waals surface area contributed by atoms with E-state index in [2.05, 4.69) is 5.32 Å². The molecule has 1 fully saturated rings. The number of carboxylic acid groups (broad SMARTS) is 1. The van der Waals surface area contributed by atoms with Crippen molar-refractivity contribution in [2.24, 2.45) is 11.3 Å². The highest BCUT2D eigenvalue weighted by atomic mass is 16.4. The Labute approximate surface area is 102 Å². The molecule has 2 N–H and O–H groups in total. The topological polar surface area (TPSA) is 69.6 Å². The van der Waals surface area contributed by atoms with Gasteiger partial charge in [-0.3, -0.25) is 4.79 Å². The van der Waals surface area contributed by atoms with E-state index in [-0.39, 0.29) is 6.03 Å². The largest absolute Gasteiger partial charge is 0.481 e. The molecule has 1 rings (SSSR count). The van der Waals surface area contributed by atoms with Gasteiger partial charge in [0.1, 0.15) is 0 Å². The highest BCUT2D eigenvalue weighted by Crippen LogP contribution is 2.30. The van der Waals surface area contributed by atoms with Crippen LogP contribution in [0.15, 0.2) is 0 Å². The van der Waals surface area contributed by atoms with Crippen LogP contribution in [0, 0.1) is 11.3 Å². The average Bonchev–Trinajstić information content (AvgIpc) is 2.26. The van der Waals surface area contributed by atoms with Gasteiger partial charge >= 0.3 is 12.0 Å². The maximum Gasteiger partial charge on any atom is 0.317 e. The zero-order valence-corrected chi connectivity index (χ0v) is 10.8. The molecule has 0 unspecified atom stereocenters. The molecule has 1 saturated heterocycles. The number of nitrogens with one attached hydrogen (secondary N) is 1.